The summed E-state index contributed by atoms with van der Waals surface area (Å²) >= 11 is 1.89. The number of hydrogen-bond donors (Lipinski definition) is 0. The fourth-order valence-electron chi connectivity index (χ4n) is 9.98. The number of pyridine rings is 2. The Labute approximate surface area is 281 Å². The molecule has 49 heavy (non-hydrogen) atoms. The molecule has 6 aromatic carbocycles. The Bertz CT molecular complexity index is 3440. The largest absolute Gasteiger partial charge is 0.456 e. The smallest absolute Gasteiger partial charge is 0.398 e. The van der Waals surface area contributed by atoms with Crippen molar-refractivity contribution >= 4 is 91.4 Å². The summed E-state index contributed by atoms with van der Waals surface area (Å²) in [4.78, 5) is 0. The van der Waals surface area contributed by atoms with Gasteiger partial charge in [0, 0.05) is 53.8 Å². The van der Waals surface area contributed by atoms with E-state index in [0.29, 0.717) is 0 Å². The van der Waals surface area contributed by atoms with Crippen molar-refractivity contribution in [2.24, 2.45) is 0 Å². The summed E-state index contributed by atoms with van der Waals surface area (Å²) in [6.45, 7) is 0. The van der Waals surface area contributed by atoms with E-state index in [1.165, 1.54) is 91.2 Å². The van der Waals surface area contributed by atoms with Gasteiger partial charge in [0.2, 0.25) is 5.52 Å². The standard InChI is InChI=1S/C43H22N4OS/c1-4-12-31-23(9-1)25-16-18-33-38-41(25)45(31)37-15-7-8-20-44(37)43(38)39-34(48-33)19-17-26-28-21-29-24-10-3-6-14-35(24)49-36(29)22-30(28)40-27-11-2-5-13-32(27)47(43)46(40)42(26)39/h1-22H/q+2. The molecular weight excluding hydrogens is 621 g/mol. The monoisotopic (exact) mass is 642 g/mol. The van der Waals surface area contributed by atoms with Gasteiger partial charge in [-0.3, -0.25) is 0 Å². The molecule has 0 fully saturated rings. The number of aromatic nitrogens is 4. The van der Waals surface area contributed by atoms with Gasteiger partial charge in [0.1, 0.15) is 28.0 Å². The second-order valence-electron chi connectivity index (χ2n) is 13.7. The Kier molecular flexibility index (Phi) is 3.70. The molecule has 8 heterocycles. The van der Waals surface area contributed by atoms with Crippen molar-refractivity contribution in [1.29, 1.82) is 0 Å². The van der Waals surface area contributed by atoms with E-state index in [0.717, 1.165) is 17.3 Å². The van der Waals surface area contributed by atoms with Crippen molar-refractivity contribution in [3.8, 4) is 17.3 Å². The Morgan fingerprint density at radius 1 is 0.531 bits per heavy atom. The third-order valence-electron chi connectivity index (χ3n) is 11.7. The zero-order valence-corrected chi connectivity index (χ0v) is 26.6. The number of thiophene rings is 1. The maximum absolute atomic E-state index is 7.03. The van der Waals surface area contributed by atoms with Crippen LogP contribution in [0.4, 0.5) is 0 Å². The van der Waals surface area contributed by atoms with Crippen LogP contribution in [0.1, 0.15) is 11.1 Å². The molecule has 3 aliphatic rings. The first-order valence-electron chi connectivity index (χ1n) is 16.8. The predicted octanol–water partition coefficient (Wildman–Crippen LogP) is 9.47. The molecule has 5 nitrogen and oxygen atoms in total. The van der Waals surface area contributed by atoms with Gasteiger partial charge in [-0.1, -0.05) is 48.5 Å². The Balaban J connectivity index is 1.31. The minimum atomic E-state index is -0.723. The van der Waals surface area contributed by atoms with Crippen LogP contribution in [0.25, 0.3) is 85.9 Å². The van der Waals surface area contributed by atoms with E-state index in [1.54, 1.807) is 0 Å². The van der Waals surface area contributed by atoms with E-state index in [4.69, 9.17) is 4.74 Å². The second-order valence-corrected chi connectivity index (χ2v) is 14.8. The van der Waals surface area contributed by atoms with Crippen LogP contribution in [0.15, 0.2) is 134 Å². The highest BCUT2D eigenvalue weighted by Gasteiger charge is 2.68. The van der Waals surface area contributed by atoms with Crippen molar-refractivity contribution in [2.75, 3.05) is 0 Å². The van der Waals surface area contributed by atoms with Crippen molar-refractivity contribution in [3.63, 3.8) is 0 Å². The summed E-state index contributed by atoms with van der Waals surface area (Å²) in [6.07, 6.45) is 2.28. The van der Waals surface area contributed by atoms with Crippen LogP contribution in [0.5, 0.6) is 11.5 Å². The minimum absolute atomic E-state index is 0.723. The summed E-state index contributed by atoms with van der Waals surface area (Å²) in [5.41, 5.74) is 7.73. The molecule has 1 spiro atoms. The molecule has 1 atom stereocenters. The van der Waals surface area contributed by atoms with Crippen LogP contribution in [0, 0.1) is 0 Å². The molecule has 0 amide bonds. The van der Waals surface area contributed by atoms with Gasteiger partial charge in [-0.05, 0) is 76.8 Å². The lowest BCUT2D eigenvalue weighted by molar-refractivity contribution is -0.980. The number of fused-ring (bicyclic) bond motifs is 14. The minimum Gasteiger partial charge on any atom is -0.456 e. The summed E-state index contributed by atoms with van der Waals surface area (Å²) < 4.78 is 19.8. The van der Waals surface area contributed by atoms with Gasteiger partial charge in [-0.2, -0.15) is 9.13 Å². The molecule has 3 aliphatic heterocycles. The van der Waals surface area contributed by atoms with E-state index in [-0.39, 0.29) is 0 Å². The summed E-state index contributed by atoms with van der Waals surface area (Å²) in [7, 11) is 0. The molecule has 1 unspecified atom stereocenters. The summed E-state index contributed by atoms with van der Waals surface area (Å²) in [5, 5.41) is 10.2. The van der Waals surface area contributed by atoms with Crippen LogP contribution in [-0.2, 0) is 5.66 Å². The van der Waals surface area contributed by atoms with Gasteiger partial charge in [0.05, 0.1) is 11.6 Å². The van der Waals surface area contributed by atoms with Gasteiger partial charge in [-0.15, -0.1) is 15.9 Å². The molecule has 224 valence electrons. The first-order valence-corrected chi connectivity index (χ1v) is 17.6. The number of rotatable bonds is 0. The fourth-order valence-corrected chi connectivity index (χ4v) is 11.1. The van der Waals surface area contributed by atoms with Crippen molar-refractivity contribution in [1.82, 2.24) is 9.08 Å². The quantitative estimate of drug-likeness (QED) is 0.120. The molecule has 0 radical (unpaired) electrons. The number of ether oxygens (including phenoxy) is 1. The van der Waals surface area contributed by atoms with E-state index in [9.17, 15) is 0 Å². The highest BCUT2D eigenvalue weighted by molar-refractivity contribution is 7.25. The lowest BCUT2D eigenvalue weighted by Gasteiger charge is -2.33. The fraction of sp³-hybridized carbons (Fsp3) is 0.0233. The van der Waals surface area contributed by atoms with Crippen LogP contribution in [0.2, 0.25) is 0 Å². The van der Waals surface area contributed by atoms with E-state index < -0.39 is 5.66 Å². The van der Waals surface area contributed by atoms with E-state index >= 15 is 0 Å². The van der Waals surface area contributed by atoms with Crippen LogP contribution >= 0.6 is 11.3 Å². The van der Waals surface area contributed by atoms with E-state index in [1.807, 2.05) is 11.3 Å². The molecule has 0 N–H and O–H groups in total. The number of para-hydroxylation sites is 2. The Hall–Kier alpha value is -6.24. The third kappa shape index (κ3) is 2.35. The normalized spacial score (nSPS) is 16.8. The molecule has 6 heteroatoms. The summed E-state index contributed by atoms with van der Waals surface area (Å²) in [6, 6.07) is 47.1. The first kappa shape index (κ1) is 24.0. The van der Waals surface area contributed by atoms with Crippen LogP contribution in [0.3, 0.4) is 0 Å². The Morgan fingerprint density at radius 2 is 1.27 bits per heavy atom. The predicted molar refractivity (Wildman–Crippen MR) is 196 cm³/mol. The molecule has 5 aromatic heterocycles. The van der Waals surface area contributed by atoms with Gasteiger partial charge in [0.25, 0.3) is 5.82 Å². The second kappa shape index (κ2) is 7.57. The number of benzene rings is 6. The number of hydrogen-bond acceptors (Lipinski definition) is 2. The van der Waals surface area contributed by atoms with E-state index in [2.05, 4.69) is 152 Å². The van der Waals surface area contributed by atoms with Crippen molar-refractivity contribution in [2.45, 2.75) is 5.66 Å². The van der Waals surface area contributed by atoms with Gasteiger partial charge < -0.3 is 4.74 Å². The van der Waals surface area contributed by atoms with Gasteiger partial charge >= 0.3 is 5.66 Å². The molecule has 0 saturated carbocycles. The highest BCUT2D eigenvalue weighted by Crippen LogP contribution is 2.57. The lowest BCUT2D eigenvalue weighted by atomic mass is 9.83. The summed E-state index contributed by atoms with van der Waals surface area (Å²) in [5.74, 6) is 2.95. The zero-order valence-electron chi connectivity index (χ0n) is 25.8. The average molecular weight is 643 g/mol. The zero-order chi connectivity index (χ0) is 31.3. The first-order chi connectivity index (χ1) is 24.3. The Morgan fingerprint density at radius 3 is 2.16 bits per heavy atom. The SMILES string of the molecule is c1cc[n+]2c(c1)-n1c3ccccc3c3ccc4c(c31)C21c2c(ccc3c5cc6c(cc5c5c7ccccc7[n+]1n5c23)sc1ccccc16)O4. The lowest BCUT2D eigenvalue weighted by Crippen LogP contribution is -2.76. The van der Waals surface area contributed by atoms with Crippen molar-refractivity contribution < 1.29 is 14.0 Å². The highest BCUT2D eigenvalue weighted by atomic mass is 32.1. The average Bonchev–Trinajstić information content (AvgIpc) is 3.88. The third-order valence-corrected chi connectivity index (χ3v) is 12.8. The molecule has 0 saturated heterocycles. The topological polar surface area (TPSA) is 26.3 Å². The maximum Gasteiger partial charge on any atom is 0.398 e. The molecule has 0 bridgehead atoms. The molecular formula is C43H22N4OS+2. The molecule has 0 aliphatic carbocycles. The van der Waals surface area contributed by atoms with Crippen LogP contribution < -0.4 is 14.0 Å². The van der Waals surface area contributed by atoms with Gasteiger partial charge in [0.15, 0.2) is 16.6 Å². The van der Waals surface area contributed by atoms with Crippen molar-refractivity contribution in [3.05, 3.63) is 145 Å². The number of nitrogens with zero attached hydrogens (tertiary/aromatic N) is 4. The van der Waals surface area contributed by atoms with Crippen LogP contribution in [-0.4, -0.2) is 9.08 Å². The maximum atomic E-state index is 7.03. The van der Waals surface area contributed by atoms with Gasteiger partial charge in [-0.25, -0.2) is 0 Å². The molecule has 14 rings (SSSR count). The molecule has 11 aromatic rings.